The second-order valence-electron chi connectivity index (χ2n) is 5.07. The molecule has 0 amide bonds. The van der Waals surface area contributed by atoms with Crippen LogP contribution in [0, 0.1) is 0 Å². The molecule has 0 radical (unpaired) electrons. The first-order chi connectivity index (χ1) is 9.08. The first kappa shape index (κ1) is 13.8. The molecule has 0 bridgehead atoms. The van der Waals surface area contributed by atoms with E-state index in [0.717, 1.165) is 31.7 Å². The number of aromatic nitrogens is 1. The number of carbonyl (C=O) groups is 1. The maximum Gasteiger partial charge on any atom is 0.338 e. The Morgan fingerprint density at radius 2 is 2.26 bits per heavy atom. The van der Waals surface area contributed by atoms with Crippen LogP contribution in [-0.4, -0.2) is 43.9 Å². The fourth-order valence-electron chi connectivity index (χ4n) is 2.40. The molecular weight excluding hydrogens is 244 g/mol. The van der Waals surface area contributed by atoms with Crippen LogP contribution >= 0.6 is 0 Å². The molecule has 2 rings (SSSR count). The molecule has 2 heterocycles. The molecule has 1 aliphatic heterocycles. The molecule has 1 aromatic rings. The van der Waals surface area contributed by atoms with Crippen LogP contribution in [0.3, 0.4) is 0 Å². The molecule has 1 aliphatic rings. The Balaban J connectivity index is 2.19. The molecule has 1 fully saturated rings. The largest absolute Gasteiger partial charge is 0.465 e. The van der Waals surface area contributed by atoms with Crippen molar-refractivity contribution < 1.29 is 14.3 Å². The molecule has 5 nitrogen and oxygen atoms in total. The maximum absolute atomic E-state index is 11.5. The quantitative estimate of drug-likeness (QED) is 0.780. The second-order valence-corrected chi connectivity index (χ2v) is 5.07. The van der Waals surface area contributed by atoms with Crippen molar-refractivity contribution in [2.24, 2.45) is 0 Å². The van der Waals surface area contributed by atoms with E-state index in [1.165, 1.54) is 7.11 Å². The van der Waals surface area contributed by atoms with E-state index in [-0.39, 0.29) is 11.6 Å². The highest BCUT2D eigenvalue weighted by atomic mass is 16.5. The average Bonchev–Trinajstić information content (AvgIpc) is 2.46. The molecule has 1 aromatic heterocycles. The van der Waals surface area contributed by atoms with Crippen molar-refractivity contribution in [3.63, 3.8) is 0 Å². The van der Waals surface area contributed by atoms with Crippen LogP contribution in [0.15, 0.2) is 18.3 Å². The van der Waals surface area contributed by atoms with Crippen LogP contribution in [0.25, 0.3) is 0 Å². The first-order valence-electron chi connectivity index (χ1n) is 6.42. The number of piperidine rings is 1. The van der Waals surface area contributed by atoms with Crippen LogP contribution < -0.4 is 4.90 Å². The zero-order valence-electron chi connectivity index (χ0n) is 11.7. The van der Waals surface area contributed by atoms with Crippen LogP contribution in [0.4, 0.5) is 5.82 Å². The number of carbonyl (C=O) groups excluding carboxylic acids is 1. The van der Waals surface area contributed by atoms with E-state index >= 15 is 0 Å². The number of nitrogens with zero attached hydrogens (tertiary/aromatic N) is 2. The van der Waals surface area contributed by atoms with E-state index in [9.17, 15) is 4.79 Å². The number of esters is 1. The number of rotatable bonds is 3. The summed E-state index contributed by atoms with van der Waals surface area (Å²) >= 11 is 0. The lowest BCUT2D eigenvalue weighted by Crippen LogP contribution is -2.47. The number of anilines is 1. The SMILES string of the molecule is COC(=O)c1ccnc(N2CCCC(C)(OC)C2)c1. The van der Waals surface area contributed by atoms with Gasteiger partial charge in [0.15, 0.2) is 0 Å². The summed E-state index contributed by atoms with van der Waals surface area (Å²) in [6.45, 7) is 3.81. The van der Waals surface area contributed by atoms with Crippen molar-refractivity contribution in [1.29, 1.82) is 0 Å². The van der Waals surface area contributed by atoms with Crippen LogP contribution in [0.5, 0.6) is 0 Å². The Labute approximate surface area is 113 Å². The highest BCUT2D eigenvalue weighted by Crippen LogP contribution is 2.27. The minimum atomic E-state index is -0.338. The zero-order chi connectivity index (χ0) is 13.9. The topological polar surface area (TPSA) is 51.7 Å². The summed E-state index contributed by atoms with van der Waals surface area (Å²) in [6, 6.07) is 3.43. The zero-order valence-corrected chi connectivity index (χ0v) is 11.7. The number of pyridine rings is 1. The van der Waals surface area contributed by atoms with Gasteiger partial charge >= 0.3 is 5.97 Å². The Bertz CT molecular complexity index is 464. The molecule has 0 aliphatic carbocycles. The fourth-order valence-corrected chi connectivity index (χ4v) is 2.40. The third-order valence-corrected chi connectivity index (χ3v) is 3.64. The third-order valence-electron chi connectivity index (χ3n) is 3.64. The van der Waals surface area contributed by atoms with Crippen molar-refractivity contribution in [1.82, 2.24) is 4.98 Å². The average molecular weight is 264 g/mol. The van der Waals surface area contributed by atoms with Gasteiger partial charge in [0.1, 0.15) is 5.82 Å². The highest BCUT2D eigenvalue weighted by Gasteiger charge is 2.31. The minimum Gasteiger partial charge on any atom is -0.465 e. The lowest BCUT2D eigenvalue weighted by molar-refractivity contribution is -0.00481. The van der Waals surface area contributed by atoms with E-state index in [1.54, 1.807) is 25.4 Å². The molecule has 0 aromatic carbocycles. The van der Waals surface area contributed by atoms with Gasteiger partial charge in [0.25, 0.3) is 0 Å². The summed E-state index contributed by atoms with van der Waals surface area (Å²) in [7, 11) is 3.12. The van der Waals surface area contributed by atoms with Crippen molar-refractivity contribution in [2.45, 2.75) is 25.4 Å². The standard InChI is InChI=1S/C14H20N2O3/c1-14(19-3)6-4-8-16(10-14)12-9-11(5-7-15-12)13(17)18-2/h5,7,9H,4,6,8,10H2,1-3H3. The normalized spacial score (nSPS) is 23.2. The molecule has 5 heteroatoms. The predicted octanol–water partition coefficient (Wildman–Crippen LogP) is 1.87. The fraction of sp³-hybridized carbons (Fsp3) is 0.571. The van der Waals surface area contributed by atoms with Gasteiger partial charge in [-0.05, 0) is 31.9 Å². The van der Waals surface area contributed by atoms with Gasteiger partial charge in [0.05, 0.1) is 18.3 Å². The number of hydrogen-bond donors (Lipinski definition) is 0. The maximum atomic E-state index is 11.5. The van der Waals surface area contributed by atoms with Gasteiger partial charge in [-0.2, -0.15) is 0 Å². The second kappa shape index (κ2) is 5.57. The Morgan fingerprint density at radius 3 is 2.95 bits per heavy atom. The van der Waals surface area contributed by atoms with Gasteiger partial charge in [0.2, 0.25) is 0 Å². The summed E-state index contributed by atoms with van der Waals surface area (Å²) in [5.41, 5.74) is 0.374. The van der Waals surface area contributed by atoms with Crippen molar-refractivity contribution >= 4 is 11.8 Å². The summed E-state index contributed by atoms with van der Waals surface area (Å²) in [5, 5.41) is 0. The number of hydrogen-bond acceptors (Lipinski definition) is 5. The van der Waals surface area contributed by atoms with Crippen molar-refractivity contribution in [2.75, 3.05) is 32.2 Å². The third kappa shape index (κ3) is 3.04. The van der Waals surface area contributed by atoms with E-state index in [4.69, 9.17) is 9.47 Å². The summed E-state index contributed by atoms with van der Waals surface area (Å²) < 4.78 is 10.3. The van der Waals surface area contributed by atoms with Gasteiger partial charge in [-0.1, -0.05) is 0 Å². The first-order valence-corrected chi connectivity index (χ1v) is 6.42. The summed E-state index contributed by atoms with van der Waals surface area (Å²) in [5.74, 6) is 0.459. The Hall–Kier alpha value is -1.62. The minimum absolute atomic E-state index is 0.152. The number of ether oxygens (including phenoxy) is 2. The Kier molecular flexibility index (Phi) is 4.04. The van der Waals surface area contributed by atoms with E-state index in [1.807, 2.05) is 0 Å². The smallest absolute Gasteiger partial charge is 0.338 e. The molecule has 0 N–H and O–H groups in total. The molecule has 1 unspecified atom stereocenters. The van der Waals surface area contributed by atoms with E-state index < -0.39 is 0 Å². The van der Waals surface area contributed by atoms with E-state index in [2.05, 4.69) is 16.8 Å². The summed E-state index contributed by atoms with van der Waals surface area (Å²) in [6.07, 6.45) is 3.73. The highest BCUT2D eigenvalue weighted by molar-refractivity contribution is 5.90. The predicted molar refractivity (Wildman–Crippen MR) is 72.4 cm³/mol. The van der Waals surface area contributed by atoms with Gasteiger partial charge in [-0.3, -0.25) is 0 Å². The molecule has 19 heavy (non-hydrogen) atoms. The van der Waals surface area contributed by atoms with Gasteiger partial charge in [0, 0.05) is 26.4 Å². The lowest BCUT2D eigenvalue weighted by Gasteiger charge is -2.40. The van der Waals surface area contributed by atoms with Crippen LogP contribution in [0.2, 0.25) is 0 Å². The van der Waals surface area contributed by atoms with Crippen molar-refractivity contribution in [3.05, 3.63) is 23.9 Å². The molecule has 104 valence electrons. The van der Waals surface area contributed by atoms with Gasteiger partial charge in [-0.15, -0.1) is 0 Å². The molecule has 1 saturated heterocycles. The molecule has 0 spiro atoms. The van der Waals surface area contributed by atoms with Gasteiger partial charge < -0.3 is 14.4 Å². The van der Waals surface area contributed by atoms with Crippen LogP contribution in [-0.2, 0) is 9.47 Å². The number of methoxy groups -OCH3 is 2. The molecule has 1 atom stereocenters. The van der Waals surface area contributed by atoms with E-state index in [0.29, 0.717) is 5.56 Å². The lowest BCUT2D eigenvalue weighted by atomic mass is 9.95. The summed E-state index contributed by atoms with van der Waals surface area (Å²) in [4.78, 5) is 18.0. The molecular formula is C14H20N2O3. The molecule has 0 saturated carbocycles. The van der Waals surface area contributed by atoms with Crippen molar-refractivity contribution in [3.8, 4) is 0 Å². The Morgan fingerprint density at radius 1 is 1.47 bits per heavy atom. The van der Waals surface area contributed by atoms with Gasteiger partial charge in [-0.25, -0.2) is 9.78 Å². The van der Waals surface area contributed by atoms with Crippen LogP contribution in [0.1, 0.15) is 30.1 Å². The monoisotopic (exact) mass is 264 g/mol.